The van der Waals surface area contributed by atoms with Gasteiger partial charge >= 0.3 is 0 Å². The first-order valence-corrected chi connectivity index (χ1v) is 10.4. The number of aromatic nitrogens is 1. The molecule has 30 heavy (non-hydrogen) atoms. The lowest BCUT2D eigenvalue weighted by molar-refractivity contribution is -0.123. The molecular formula is C23H27N3O4. The average Bonchev–Trinajstić information content (AvgIpc) is 3.22. The molecule has 2 heterocycles. The van der Waals surface area contributed by atoms with Gasteiger partial charge in [-0.3, -0.25) is 9.69 Å². The number of amides is 1. The molecular weight excluding hydrogens is 382 g/mol. The Bertz CT molecular complexity index is 962. The van der Waals surface area contributed by atoms with E-state index in [0.717, 1.165) is 55.0 Å². The Labute approximate surface area is 176 Å². The first kappa shape index (κ1) is 20.4. The molecule has 0 bridgehead atoms. The second-order valence-electron chi connectivity index (χ2n) is 7.34. The summed E-state index contributed by atoms with van der Waals surface area (Å²) >= 11 is 0. The maximum Gasteiger partial charge on any atom is 0.257 e. The molecule has 1 N–H and O–H groups in total. The molecule has 1 fully saturated rings. The smallest absolute Gasteiger partial charge is 0.257 e. The third-order valence-electron chi connectivity index (χ3n) is 5.03. The van der Waals surface area contributed by atoms with E-state index in [1.54, 1.807) is 0 Å². The van der Waals surface area contributed by atoms with Crippen LogP contribution in [0.2, 0.25) is 0 Å². The number of morpholine rings is 1. The molecule has 7 heteroatoms. The van der Waals surface area contributed by atoms with E-state index in [2.05, 4.69) is 15.2 Å². The zero-order chi connectivity index (χ0) is 20.8. The SMILES string of the molecule is CCCNC(=O)COc1ccc(-c2nc3ccccc3o2)cc1CN1CCOCC1. The van der Waals surface area contributed by atoms with Crippen molar-refractivity contribution in [1.82, 2.24) is 15.2 Å². The first-order chi connectivity index (χ1) is 14.7. The van der Waals surface area contributed by atoms with Crippen molar-refractivity contribution in [1.29, 1.82) is 0 Å². The van der Waals surface area contributed by atoms with Crippen molar-refractivity contribution in [3.8, 4) is 17.2 Å². The number of nitrogens with zero attached hydrogens (tertiary/aromatic N) is 2. The quantitative estimate of drug-likeness (QED) is 0.616. The van der Waals surface area contributed by atoms with Gasteiger partial charge in [-0.2, -0.15) is 0 Å². The minimum Gasteiger partial charge on any atom is -0.483 e. The molecule has 0 aliphatic carbocycles. The summed E-state index contributed by atoms with van der Waals surface area (Å²) in [5.74, 6) is 1.16. The van der Waals surface area contributed by atoms with Gasteiger partial charge in [-0.05, 0) is 36.8 Å². The molecule has 1 aliphatic heterocycles. The number of carbonyl (C=O) groups excluding carboxylic acids is 1. The van der Waals surface area contributed by atoms with Crippen LogP contribution in [0.4, 0.5) is 0 Å². The van der Waals surface area contributed by atoms with E-state index in [1.807, 2.05) is 49.4 Å². The molecule has 1 amide bonds. The summed E-state index contributed by atoms with van der Waals surface area (Å²) in [6, 6.07) is 13.6. The van der Waals surface area contributed by atoms with E-state index < -0.39 is 0 Å². The van der Waals surface area contributed by atoms with E-state index in [4.69, 9.17) is 13.9 Å². The predicted molar refractivity (Wildman–Crippen MR) is 114 cm³/mol. The van der Waals surface area contributed by atoms with Gasteiger partial charge in [-0.15, -0.1) is 0 Å². The van der Waals surface area contributed by atoms with Crippen LogP contribution in [0.25, 0.3) is 22.6 Å². The lowest BCUT2D eigenvalue weighted by Gasteiger charge is -2.27. The second-order valence-corrected chi connectivity index (χ2v) is 7.34. The van der Waals surface area contributed by atoms with Gasteiger partial charge in [0, 0.05) is 37.3 Å². The molecule has 0 unspecified atom stereocenters. The minimum atomic E-state index is -0.114. The monoisotopic (exact) mass is 409 g/mol. The normalized spacial score (nSPS) is 14.7. The summed E-state index contributed by atoms with van der Waals surface area (Å²) in [6.45, 7) is 6.56. The highest BCUT2D eigenvalue weighted by Crippen LogP contribution is 2.30. The van der Waals surface area contributed by atoms with Gasteiger partial charge in [-0.1, -0.05) is 19.1 Å². The number of hydrogen-bond donors (Lipinski definition) is 1. The molecule has 4 rings (SSSR count). The Morgan fingerprint density at radius 3 is 2.83 bits per heavy atom. The van der Waals surface area contributed by atoms with E-state index in [9.17, 15) is 4.79 Å². The molecule has 7 nitrogen and oxygen atoms in total. The van der Waals surface area contributed by atoms with Crippen LogP contribution in [0.15, 0.2) is 46.9 Å². The Morgan fingerprint density at radius 1 is 1.20 bits per heavy atom. The standard InChI is InChI=1S/C23H27N3O4/c1-2-9-24-22(27)16-29-20-8-7-17(14-18(20)15-26-10-12-28-13-11-26)23-25-19-5-3-4-6-21(19)30-23/h3-8,14H,2,9-13,15-16H2,1H3,(H,24,27). The van der Waals surface area contributed by atoms with Gasteiger partial charge in [0.15, 0.2) is 12.2 Å². The van der Waals surface area contributed by atoms with Crippen LogP contribution in [-0.4, -0.2) is 55.2 Å². The number of fused-ring (bicyclic) bond motifs is 1. The third kappa shape index (κ3) is 4.98. The van der Waals surface area contributed by atoms with E-state index in [-0.39, 0.29) is 12.5 Å². The topological polar surface area (TPSA) is 76.8 Å². The highest BCUT2D eigenvalue weighted by Gasteiger charge is 2.17. The fourth-order valence-corrected chi connectivity index (χ4v) is 3.43. The number of nitrogens with one attached hydrogen (secondary N) is 1. The molecule has 0 atom stereocenters. The number of rotatable bonds is 8. The third-order valence-corrected chi connectivity index (χ3v) is 5.03. The van der Waals surface area contributed by atoms with Crippen molar-refractivity contribution in [2.45, 2.75) is 19.9 Å². The second kappa shape index (κ2) is 9.73. The highest BCUT2D eigenvalue weighted by atomic mass is 16.5. The van der Waals surface area contributed by atoms with Crippen LogP contribution in [0.5, 0.6) is 5.75 Å². The van der Waals surface area contributed by atoms with Gasteiger partial charge in [0.2, 0.25) is 5.89 Å². The van der Waals surface area contributed by atoms with Gasteiger partial charge in [0.05, 0.1) is 13.2 Å². The van der Waals surface area contributed by atoms with Crippen molar-refractivity contribution in [2.24, 2.45) is 0 Å². The van der Waals surface area contributed by atoms with Crippen LogP contribution >= 0.6 is 0 Å². The molecule has 1 aromatic heterocycles. The number of para-hydroxylation sites is 2. The lowest BCUT2D eigenvalue weighted by Crippen LogP contribution is -2.35. The van der Waals surface area contributed by atoms with Crippen LogP contribution in [-0.2, 0) is 16.1 Å². The molecule has 2 aromatic carbocycles. The van der Waals surface area contributed by atoms with Crippen molar-refractivity contribution in [2.75, 3.05) is 39.5 Å². The van der Waals surface area contributed by atoms with Crippen LogP contribution in [0, 0.1) is 0 Å². The molecule has 0 spiro atoms. The van der Waals surface area contributed by atoms with Crippen LogP contribution in [0.1, 0.15) is 18.9 Å². The average molecular weight is 409 g/mol. The molecule has 0 radical (unpaired) electrons. The Morgan fingerprint density at radius 2 is 2.03 bits per heavy atom. The fraction of sp³-hybridized carbons (Fsp3) is 0.391. The summed E-state index contributed by atoms with van der Waals surface area (Å²) in [5.41, 5.74) is 3.47. The Kier molecular flexibility index (Phi) is 6.61. The molecule has 3 aromatic rings. The van der Waals surface area contributed by atoms with Crippen molar-refractivity contribution in [3.05, 3.63) is 48.0 Å². The molecule has 1 aliphatic rings. The lowest BCUT2D eigenvalue weighted by atomic mass is 10.1. The van der Waals surface area contributed by atoms with Gasteiger partial charge < -0.3 is 19.2 Å². The highest BCUT2D eigenvalue weighted by molar-refractivity contribution is 5.78. The maximum atomic E-state index is 12.0. The molecule has 0 saturated carbocycles. The summed E-state index contributed by atoms with van der Waals surface area (Å²) in [7, 11) is 0. The van der Waals surface area contributed by atoms with Gasteiger partial charge in [0.1, 0.15) is 11.3 Å². The zero-order valence-electron chi connectivity index (χ0n) is 17.2. The molecule has 158 valence electrons. The van der Waals surface area contributed by atoms with Crippen LogP contribution < -0.4 is 10.1 Å². The van der Waals surface area contributed by atoms with E-state index in [1.165, 1.54) is 0 Å². The summed E-state index contributed by atoms with van der Waals surface area (Å²) < 4.78 is 17.3. The number of oxazole rings is 1. The predicted octanol–water partition coefficient (Wildman–Crippen LogP) is 3.23. The number of hydrogen-bond acceptors (Lipinski definition) is 6. The van der Waals surface area contributed by atoms with E-state index in [0.29, 0.717) is 24.7 Å². The maximum absolute atomic E-state index is 12.0. The van der Waals surface area contributed by atoms with Crippen LogP contribution in [0.3, 0.4) is 0 Å². The van der Waals surface area contributed by atoms with Crippen molar-refractivity contribution >= 4 is 17.0 Å². The zero-order valence-corrected chi connectivity index (χ0v) is 17.2. The Balaban J connectivity index is 1.57. The van der Waals surface area contributed by atoms with Crippen molar-refractivity contribution < 1.29 is 18.7 Å². The summed E-state index contributed by atoms with van der Waals surface area (Å²) in [4.78, 5) is 18.9. The summed E-state index contributed by atoms with van der Waals surface area (Å²) in [6.07, 6.45) is 0.896. The largest absolute Gasteiger partial charge is 0.483 e. The van der Waals surface area contributed by atoms with Crippen molar-refractivity contribution in [3.63, 3.8) is 0 Å². The number of benzene rings is 2. The number of ether oxygens (including phenoxy) is 2. The van der Waals surface area contributed by atoms with E-state index >= 15 is 0 Å². The Hall–Kier alpha value is -2.90. The summed E-state index contributed by atoms with van der Waals surface area (Å²) in [5, 5.41) is 2.84. The minimum absolute atomic E-state index is 0.00164. The molecule has 1 saturated heterocycles. The van der Waals surface area contributed by atoms with Gasteiger partial charge in [-0.25, -0.2) is 4.98 Å². The van der Waals surface area contributed by atoms with Gasteiger partial charge in [0.25, 0.3) is 5.91 Å². The first-order valence-electron chi connectivity index (χ1n) is 10.4. The number of carbonyl (C=O) groups is 1. The fourth-order valence-electron chi connectivity index (χ4n) is 3.43.